The highest BCUT2D eigenvalue weighted by Crippen LogP contribution is 2.37. The number of aliphatic imine (C=N–C) groups is 2. The molecule has 7 heteroatoms. The number of ether oxygens (including phenoxy) is 1. The molecule has 4 rings (SSSR count). The summed E-state index contributed by atoms with van der Waals surface area (Å²) in [4.78, 5) is 9.54. The number of nitrogens with one attached hydrogen (secondary N) is 2. The molecule has 0 saturated heterocycles. The summed E-state index contributed by atoms with van der Waals surface area (Å²) >= 11 is 12.8. The number of amidine groups is 1. The largest absolute Gasteiger partial charge is 0.495 e. The molecule has 0 atom stereocenters. The predicted octanol–water partition coefficient (Wildman–Crippen LogP) is 4.22. The van der Waals surface area contributed by atoms with Gasteiger partial charge in [-0.3, -0.25) is 5.43 Å². The van der Waals surface area contributed by atoms with E-state index in [-0.39, 0.29) is 0 Å². The van der Waals surface area contributed by atoms with Gasteiger partial charge in [0.05, 0.1) is 29.2 Å². The van der Waals surface area contributed by atoms with Crippen LogP contribution in [0.25, 0.3) is 0 Å². The number of hydrogen-bond acceptors (Lipinski definition) is 5. The fourth-order valence-corrected chi connectivity index (χ4v) is 3.27. The minimum absolute atomic E-state index is 0.491. The highest BCUT2D eigenvalue weighted by atomic mass is 35.5. The van der Waals surface area contributed by atoms with E-state index in [0.29, 0.717) is 33.0 Å². The van der Waals surface area contributed by atoms with Crippen molar-refractivity contribution in [1.29, 1.82) is 0 Å². The zero-order valence-corrected chi connectivity index (χ0v) is 15.0. The van der Waals surface area contributed by atoms with E-state index >= 15 is 0 Å². The zero-order chi connectivity index (χ0) is 17.6. The van der Waals surface area contributed by atoms with Crippen molar-refractivity contribution in [3.8, 4) is 5.75 Å². The first kappa shape index (κ1) is 16.0. The number of halogens is 2. The maximum atomic E-state index is 6.43. The van der Waals surface area contributed by atoms with Crippen LogP contribution in [0.5, 0.6) is 5.75 Å². The van der Waals surface area contributed by atoms with Gasteiger partial charge in [0.25, 0.3) is 0 Å². The van der Waals surface area contributed by atoms with E-state index in [2.05, 4.69) is 10.9 Å². The number of rotatable bonds is 2. The summed E-state index contributed by atoms with van der Waals surface area (Å²) in [5.41, 5.74) is 10.7. The maximum absolute atomic E-state index is 6.43. The molecule has 2 aromatic carbocycles. The van der Waals surface area contributed by atoms with Gasteiger partial charge < -0.3 is 10.2 Å². The normalized spacial score (nSPS) is 15.4. The molecule has 126 valence electrons. The maximum Gasteiger partial charge on any atom is 0.173 e. The first-order chi connectivity index (χ1) is 12.1. The number of nitrogens with zero attached hydrogens (tertiary/aromatic N) is 2. The van der Waals surface area contributed by atoms with Crippen LogP contribution in [0.15, 0.2) is 57.8 Å². The number of methoxy groups -OCH3 is 1. The minimum Gasteiger partial charge on any atom is -0.495 e. The molecule has 2 N–H and O–H groups in total. The van der Waals surface area contributed by atoms with E-state index in [4.69, 9.17) is 37.9 Å². The van der Waals surface area contributed by atoms with Gasteiger partial charge in [-0.05, 0) is 19.1 Å². The first-order valence-corrected chi connectivity index (χ1v) is 8.37. The van der Waals surface area contributed by atoms with Crippen molar-refractivity contribution >= 4 is 40.4 Å². The van der Waals surface area contributed by atoms with Crippen LogP contribution < -0.4 is 15.6 Å². The fourth-order valence-electron chi connectivity index (χ4n) is 2.80. The quantitative estimate of drug-likeness (QED) is 0.829. The molecule has 0 radical (unpaired) electrons. The first-order valence-electron chi connectivity index (χ1n) is 7.62. The lowest BCUT2D eigenvalue weighted by Crippen LogP contribution is -2.27. The van der Waals surface area contributed by atoms with Gasteiger partial charge in [0.15, 0.2) is 5.84 Å². The van der Waals surface area contributed by atoms with E-state index in [1.165, 1.54) is 0 Å². The Morgan fingerprint density at radius 3 is 2.52 bits per heavy atom. The molecule has 2 aromatic rings. The number of allylic oxidation sites excluding steroid dienone is 1. The van der Waals surface area contributed by atoms with Crippen LogP contribution in [-0.4, -0.2) is 18.7 Å². The molecular weight excluding hydrogens is 359 g/mol. The second-order valence-corrected chi connectivity index (χ2v) is 6.44. The second kappa shape index (κ2) is 6.10. The highest BCUT2D eigenvalue weighted by molar-refractivity contribution is 6.37. The lowest BCUT2D eigenvalue weighted by molar-refractivity contribution is 0.415. The Labute approximate surface area is 155 Å². The Hall–Kier alpha value is -2.50. The Kier molecular flexibility index (Phi) is 3.90. The number of hydrogen-bond donors (Lipinski definition) is 2. The van der Waals surface area contributed by atoms with Crippen molar-refractivity contribution in [2.45, 2.75) is 6.92 Å². The fraction of sp³-hybridized carbons (Fsp3) is 0.111. The number of hydrazine groups is 1. The van der Waals surface area contributed by atoms with Crippen LogP contribution in [0.1, 0.15) is 18.1 Å². The van der Waals surface area contributed by atoms with Gasteiger partial charge in [0.2, 0.25) is 0 Å². The van der Waals surface area contributed by atoms with Crippen molar-refractivity contribution in [3.05, 3.63) is 69.0 Å². The van der Waals surface area contributed by atoms with E-state index < -0.39 is 0 Å². The highest BCUT2D eigenvalue weighted by Gasteiger charge is 2.26. The molecule has 0 aliphatic carbocycles. The van der Waals surface area contributed by atoms with E-state index in [1.807, 2.05) is 37.3 Å². The van der Waals surface area contributed by atoms with Crippen LogP contribution >= 0.6 is 23.2 Å². The molecule has 0 amide bonds. The zero-order valence-electron chi connectivity index (χ0n) is 13.5. The topological polar surface area (TPSA) is 58.0 Å². The standard InChI is InChI=1S/C18H14Cl2N4O/c1-9-16-18(24-23-9)21-14-8-15(25-2)13(20)7-11(14)17(22-16)10-5-3-4-6-12(10)19/h3-8H,1-2H3,(H2,21,23,24). The van der Waals surface area contributed by atoms with Gasteiger partial charge >= 0.3 is 0 Å². The third-order valence-electron chi connectivity index (χ3n) is 4.06. The van der Waals surface area contributed by atoms with Crippen molar-refractivity contribution < 1.29 is 4.74 Å². The SMILES string of the molecule is COc1cc2c(cc1Cl)C(c1ccccc1Cl)=NC1=C(C)NNC1=N2. The van der Waals surface area contributed by atoms with E-state index in [9.17, 15) is 0 Å². The molecule has 2 heterocycles. The molecule has 0 fully saturated rings. The molecule has 2 aliphatic rings. The summed E-state index contributed by atoms with van der Waals surface area (Å²) < 4.78 is 5.33. The predicted molar refractivity (Wildman–Crippen MR) is 101 cm³/mol. The van der Waals surface area contributed by atoms with Gasteiger partial charge in [-0.2, -0.15) is 0 Å². The van der Waals surface area contributed by atoms with E-state index in [0.717, 1.165) is 22.5 Å². The van der Waals surface area contributed by atoms with Crippen molar-refractivity contribution in [3.63, 3.8) is 0 Å². The second-order valence-electron chi connectivity index (χ2n) is 5.63. The van der Waals surface area contributed by atoms with Gasteiger partial charge in [0.1, 0.15) is 11.4 Å². The minimum atomic E-state index is 0.491. The Bertz CT molecular complexity index is 979. The molecule has 0 aromatic heterocycles. The summed E-state index contributed by atoms with van der Waals surface area (Å²) in [6.45, 7) is 1.93. The van der Waals surface area contributed by atoms with E-state index in [1.54, 1.807) is 13.2 Å². The molecule has 0 saturated carbocycles. The third-order valence-corrected chi connectivity index (χ3v) is 4.68. The molecule has 0 bridgehead atoms. The molecule has 25 heavy (non-hydrogen) atoms. The molecular formula is C18H14Cl2N4O. The Morgan fingerprint density at radius 2 is 1.76 bits per heavy atom. The van der Waals surface area contributed by atoms with Crippen LogP contribution in [0, 0.1) is 0 Å². The smallest absolute Gasteiger partial charge is 0.173 e. The molecule has 2 aliphatic heterocycles. The Morgan fingerprint density at radius 1 is 0.960 bits per heavy atom. The summed E-state index contributed by atoms with van der Waals surface area (Å²) in [5, 5.41) is 1.10. The van der Waals surface area contributed by atoms with Gasteiger partial charge in [-0.15, -0.1) is 0 Å². The van der Waals surface area contributed by atoms with Gasteiger partial charge in [-0.1, -0.05) is 41.4 Å². The van der Waals surface area contributed by atoms with Crippen molar-refractivity contribution in [2.24, 2.45) is 9.98 Å². The average Bonchev–Trinajstić information content (AvgIpc) is 2.86. The summed E-state index contributed by atoms with van der Waals surface area (Å²) in [5.74, 6) is 1.20. The summed E-state index contributed by atoms with van der Waals surface area (Å²) in [6.07, 6.45) is 0. The van der Waals surface area contributed by atoms with Crippen molar-refractivity contribution in [2.75, 3.05) is 7.11 Å². The lowest BCUT2D eigenvalue weighted by atomic mass is 10.00. The van der Waals surface area contributed by atoms with Gasteiger partial charge in [0, 0.05) is 22.2 Å². The molecule has 5 nitrogen and oxygen atoms in total. The van der Waals surface area contributed by atoms with Crippen LogP contribution in [0.3, 0.4) is 0 Å². The number of benzene rings is 2. The van der Waals surface area contributed by atoms with Crippen LogP contribution in [0.4, 0.5) is 5.69 Å². The average molecular weight is 373 g/mol. The Balaban J connectivity index is 2.04. The summed E-state index contributed by atoms with van der Waals surface area (Å²) in [6, 6.07) is 11.2. The monoisotopic (exact) mass is 372 g/mol. The van der Waals surface area contributed by atoms with Crippen LogP contribution in [0.2, 0.25) is 10.0 Å². The third kappa shape index (κ3) is 2.65. The lowest BCUT2D eigenvalue weighted by Gasteiger charge is -2.12. The molecule has 0 unspecified atom stereocenters. The number of fused-ring (bicyclic) bond motifs is 2. The van der Waals surface area contributed by atoms with Crippen LogP contribution in [-0.2, 0) is 0 Å². The van der Waals surface area contributed by atoms with Gasteiger partial charge in [-0.25, -0.2) is 9.98 Å². The van der Waals surface area contributed by atoms with Crippen molar-refractivity contribution in [1.82, 2.24) is 10.9 Å². The summed E-state index contributed by atoms with van der Waals surface area (Å²) in [7, 11) is 1.57. The molecule has 0 spiro atoms.